The highest BCUT2D eigenvalue weighted by molar-refractivity contribution is 6.35. The lowest BCUT2D eigenvalue weighted by Crippen LogP contribution is -2.51. The molecular weight excluding hydrogens is 414 g/mol. The smallest absolute Gasteiger partial charge is 0.191 e. The summed E-state index contributed by atoms with van der Waals surface area (Å²) in [5, 5.41) is 7.51. The maximum Gasteiger partial charge on any atom is 0.191 e. The average molecular weight is 435 g/mol. The molecule has 1 unspecified atom stereocenters. The van der Waals surface area contributed by atoms with E-state index in [1.165, 1.54) is 16.8 Å². The van der Waals surface area contributed by atoms with Gasteiger partial charge in [0, 0.05) is 37.1 Å². The number of aryl methyl sites for hydroxylation is 1. The number of halogens is 3. The van der Waals surface area contributed by atoms with Gasteiger partial charge in [-0.1, -0.05) is 11.6 Å². The molecule has 4 rings (SSSR count). The molecule has 1 saturated heterocycles. The summed E-state index contributed by atoms with van der Waals surface area (Å²) in [5.41, 5.74) is 14.2. The van der Waals surface area contributed by atoms with E-state index in [1.54, 1.807) is 19.1 Å². The third-order valence-electron chi connectivity index (χ3n) is 4.90. The van der Waals surface area contributed by atoms with E-state index in [1.807, 2.05) is 4.90 Å². The lowest BCUT2D eigenvalue weighted by atomic mass is 10.1. The Morgan fingerprint density at radius 1 is 1.40 bits per heavy atom. The van der Waals surface area contributed by atoms with Crippen LogP contribution in [0.2, 0.25) is 5.02 Å². The number of alkyl halides is 1. The highest BCUT2D eigenvalue weighted by Gasteiger charge is 2.21. The van der Waals surface area contributed by atoms with Crippen molar-refractivity contribution in [1.29, 1.82) is 0 Å². The van der Waals surface area contributed by atoms with Crippen LogP contribution in [0.4, 0.5) is 25.8 Å². The van der Waals surface area contributed by atoms with Gasteiger partial charge in [0.05, 0.1) is 28.5 Å². The summed E-state index contributed by atoms with van der Waals surface area (Å²) in [6.07, 6.45) is 1.52. The third-order valence-corrected chi connectivity index (χ3v) is 5.20. The standard InChI is InChI=1S/C19H21ClF2N8/c1-10-26-19-15(22)4-11(9-30(19)28-10)27-18(24)17-14(20)5-13(6-16(17)23)29-3-2-25-12(7-21)8-29/h4-6,9,12,25H,2-3,7-8,23H2,1H3,(H2,24,27). The minimum Gasteiger partial charge on any atom is -0.398 e. The SMILES string of the molecule is Cc1nc2c(F)cc(N=C(N)c3c(N)cc(N4CCNC(CF)C4)cc3Cl)cn2n1. The number of nitrogens with zero attached hydrogens (tertiary/aromatic N) is 5. The monoisotopic (exact) mass is 434 g/mol. The molecule has 11 heteroatoms. The highest BCUT2D eigenvalue weighted by atomic mass is 35.5. The maximum absolute atomic E-state index is 14.3. The van der Waals surface area contributed by atoms with Crippen LogP contribution < -0.4 is 21.7 Å². The predicted molar refractivity (Wildman–Crippen MR) is 114 cm³/mol. The van der Waals surface area contributed by atoms with E-state index in [2.05, 4.69) is 20.4 Å². The zero-order valence-corrected chi connectivity index (χ0v) is 17.0. The number of anilines is 2. The Bertz CT molecular complexity index is 1110. The van der Waals surface area contributed by atoms with Crippen molar-refractivity contribution < 1.29 is 8.78 Å². The summed E-state index contributed by atoms with van der Waals surface area (Å²) in [5.74, 6) is -0.0874. The number of fused-ring (bicyclic) bond motifs is 1. The van der Waals surface area contributed by atoms with Crippen molar-refractivity contribution in [2.24, 2.45) is 10.7 Å². The number of nitrogens with one attached hydrogen (secondary N) is 1. The van der Waals surface area contributed by atoms with Gasteiger partial charge in [-0.15, -0.1) is 0 Å². The molecule has 1 aliphatic heterocycles. The van der Waals surface area contributed by atoms with Crippen LogP contribution in [0.25, 0.3) is 5.65 Å². The second-order valence-corrected chi connectivity index (χ2v) is 7.52. The van der Waals surface area contributed by atoms with Crippen LogP contribution in [0.1, 0.15) is 11.4 Å². The van der Waals surface area contributed by atoms with Crippen molar-refractivity contribution in [3.63, 3.8) is 0 Å². The Kier molecular flexibility index (Phi) is 5.44. The van der Waals surface area contributed by atoms with Gasteiger partial charge in [0.25, 0.3) is 0 Å². The normalized spacial score (nSPS) is 17.7. The zero-order valence-electron chi connectivity index (χ0n) is 16.2. The first-order valence-corrected chi connectivity index (χ1v) is 9.74. The molecular formula is C19H21ClF2N8. The van der Waals surface area contributed by atoms with Crippen LogP contribution >= 0.6 is 11.6 Å². The van der Waals surface area contributed by atoms with Crippen LogP contribution in [-0.4, -0.2) is 52.8 Å². The number of piperazine rings is 1. The first-order valence-electron chi connectivity index (χ1n) is 9.36. The minimum absolute atomic E-state index is 0.0431. The second kappa shape index (κ2) is 8.04. The quantitative estimate of drug-likeness (QED) is 0.330. The molecule has 0 amide bonds. The topological polar surface area (TPSA) is 110 Å². The molecule has 158 valence electrons. The second-order valence-electron chi connectivity index (χ2n) is 7.11. The first kappa shape index (κ1) is 20.3. The summed E-state index contributed by atoms with van der Waals surface area (Å²) in [6, 6.07) is 4.43. The van der Waals surface area contributed by atoms with Gasteiger partial charge in [0.2, 0.25) is 0 Å². The molecule has 0 spiro atoms. The number of hydrogen-bond donors (Lipinski definition) is 3. The summed E-state index contributed by atoms with van der Waals surface area (Å²) in [6.45, 7) is 3.08. The van der Waals surface area contributed by atoms with Gasteiger partial charge in [0.15, 0.2) is 11.5 Å². The molecule has 5 N–H and O–H groups in total. The minimum atomic E-state index is -0.569. The number of aromatic nitrogens is 3. The zero-order chi connectivity index (χ0) is 21.4. The highest BCUT2D eigenvalue weighted by Crippen LogP contribution is 2.31. The van der Waals surface area contributed by atoms with Crippen LogP contribution in [0.15, 0.2) is 29.4 Å². The van der Waals surface area contributed by atoms with Crippen LogP contribution in [0.5, 0.6) is 0 Å². The number of amidine groups is 1. The van der Waals surface area contributed by atoms with Crippen LogP contribution in [-0.2, 0) is 0 Å². The fraction of sp³-hybridized carbons (Fsp3) is 0.316. The van der Waals surface area contributed by atoms with E-state index in [0.29, 0.717) is 41.7 Å². The van der Waals surface area contributed by atoms with Crippen molar-refractivity contribution in [2.45, 2.75) is 13.0 Å². The Morgan fingerprint density at radius 3 is 2.93 bits per heavy atom. The van der Waals surface area contributed by atoms with E-state index in [-0.39, 0.29) is 23.2 Å². The molecule has 8 nitrogen and oxygen atoms in total. The van der Waals surface area contributed by atoms with E-state index in [0.717, 1.165) is 5.69 Å². The molecule has 30 heavy (non-hydrogen) atoms. The van der Waals surface area contributed by atoms with Crippen molar-refractivity contribution in [1.82, 2.24) is 19.9 Å². The fourth-order valence-electron chi connectivity index (χ4n) is 3.53. The van der Waals surface area contributed by atoms with Gasteiger partial charge in [-0.05, 0) is 19.1 Å². The first-order chi connectivity index (χ1) is 14.4. The van der Waals surface area contributed by atoms with Crippen molar-refractivity contribution >= 4 is 40.1 Å². The number of nitrogen functional groups attached to an aromatic ring is 1. The predicted octanol–water partition coefficient (Wildman–Crippen LogP) is 2.20. The van der Waals surface area contributed by atoms with E-state index < -0.39 is 12.5 Å². The van der Waals surface area contributed by atoms with Gasteiger partial charge >= 0.3 is 0 Å². The average Bonchev–Trinajstić information content (AvgIpc) is 3.08. The summed E-state index contributed by atoms with van der Waals surface area (Å²) in [4.78, 5) is 10.3. The number of pyridine rings is 1. The number of rotatable bonds is 4. The lowest BCUT2D eigenvalue weighted by molar-refractivity contribution is 0.353. The lowest BCUT2D eigenvalue weighted by Gasteiger charge is -2.34. The molecule has 0 radical (unpaired) electrons. The molecule has 1 fully saturated rings. The largest absolute Gasteiger partial charge is 0.398 e. The number of aliphatic imine (C=N–C) groups is 1. The number of nitrogens with two attached hydrogens (primary N) is 2. The van der Waals surface area contributed by atoms with Crippen LogP contribution in [0, 0.1) is 12.7 Å². The third kappa shape index (κ3) is 3.88. The van der Waals surface area contributed by atoms with Gasteiger partial charge < -0.3 is 21.7 Å². The summed E-state index contributed by atoms with van der Waals surface area (Å²) >= 11 is 6.46. The van der Waals surface area contributed by atoms with Gasteiger partial charge in [-0.25, -0.2) is 23.3 Å². The summed E-state index contributed by atoms with van der Waals surface area (Å²) < 4.78 is 28.6. The van der Waals surface area contributed by atoms with Gasteiger partial charge in [-0.2, -0.15) is 5.10 Å². The van der Waals surface area contributed by atoms with E-state index >= 15 is 0 Å². The molecule has 2 aromatic heterocycles. The molecule has 0 bridgehead atoms. The molecule has 3 aromatic rings. The summed E-state index contributed by atoms with van der Waals surface area (Å²) in [7, 11) is 0. The molecule has 0 saturated carbocycles. The van der Waals surface area contributed by atoms with E-state index in [9.17, 15) is 8.78 Å². The Balaban J connectivity index is 1.66. The Morgan fingerprint density at radius 2 is 2.20 bits per heavy atom. The molecule has 1 aliphatic rings. The number of hydrogen-bond acceptors (Lipinski definition) is 6. The number of benzene rings is 1. The van der Waals surface area contributed by atoms with Crippen molar-refractivity contribution in [3.05, 3.63) is 46.6 Å². The Hall–Kier alpha value is -2.98. The fourth-order valence-corrected chi connectivity index (χ4v) is 3.84. The molecule has 0 aliphatic carbocycles. The van der Waals surface area contributed by atoms with Crippen molar-refractivity contribution in [2.75, 3.05) is 36.9 Å². The van der Waals surface area contributed by atoms with Crippen molar-refractivity contribution in [3.8, 4) is 0 Å². The van der Waals surface area contributed by atoms with Gasteiger partial charge in [0.1, 0.15) is 18.3 Å². The van der Waals surface area contributed by atoms with Gasteiger partial charge in [-0.3, -0.25) is 0 Å². The molecule has 1 aromatic carbocycles. The Labute approximate surface area is 176 Å². The maximum atomic E-state index is 14.3. The van der Waals surface area contributed by atoms with E-state index in [4.69, 9.17) is 23.1 Å². The van der Waals surface area contributed by atoms with Crippen LogP contribution in [0.3, 0.4) is 0 Å². The molecule has 1 atom stereocenters. The molecule has 3 heterocycles.